The molecule has 0 saturated carbocycles. The van der Waals surface area contributed by atoms with Gasteiger partial charge in [0.25, 0.3) is 10.0 Å². The summed E-state index contributed by atoms with van der Waals surface area (Å²) in [6.45, 7) is 1.59. The van der Waals surface area contributed by atoms with E-state index in [-0.39, 0.29) is 17.5 Å². The molecule has 26 heavy (non-hydrogen) atoms. The third-order valence-electron chi connectivity index (χ3n) is 3.43. The van der Waals surface area contributed by atoms with Gasteiger partial charge in [-0.25, -0.2) is 22.5 Å². The predicted octanol–water partition coefficient (Wildman–Crippen LogP) is 3.38. The number of nitrogens with zero attached hydrogens (tertiary/aromatic N) is 2. The Kier molecular flexibility index (Phi) is 5.28. The van der Waals surface area contributed by atoms with Crippen molar-refractivity contribution in [3.63, 3.8) is 0 Å². The second-order valence-corrected chi connectivity index (χ2v) is 9.52. The molecule has 0 N–H and O–H groups in total. The van der Waals surface area contributed by atoms with Crippen LogP contribution in [0, 0.1) is 6.92 Å². The van der Waals surface area contributed by atoms with Crippen LogP contribution in [0.25, 0.3) is 9.88 Å². The van der Waals surface area contributed by atoms with Gasteiger partial charge in [-0.2, -0.15) is 0 Å². The molecule has 3 rings (SSSR count). The van der Waals surface area contributed by atoms with Gasteiger partial charge in [0.2, 0.25) is 5.09 Å². The van der Waals surface area contributed by atoms with Crippen molar-refractivity contribution >= 4 is 38.7 Å². The number of aromatic nitrogens is 1. The summed E-state index contributed by atoms with van der Waals surface area (Å²) in [5, 5.41) is 2.52. The van der Waals surface area contributed by atoms with Crippen molar-refractivity contribution in [3.8, 4) is 9.88 Å². The van der Waals surface area contributed by atoms with Crippen LogP contribution in [-0.4, -0.2) is 37.8 Å². The molecule has 138 valence electrons. The fraction of sp³-hybridized carbons (Fsp3) is 0.250. The highest BCUT2D eigenvalue weighted by atomic mass is 32.2. The first kappa shape index (κ1) is 18.8. The third kappa shape index (κ3) is 3.73. The number of hydrogen-bond donors (Lipinski definition) is 0. The fourth-order valence-electron chi connectivity index (χ4n) is 2.05. The molecule has 0 unspecified atom stereocenters. The summed E-state index contributed by atoms with van der Waals surface area (Å²) in [7, 11) is -0.832. The Hall–Kier alpha value is -2.01. The average Bonchev–Trinajstić information content (AvgIpc) is 3.32. The van der Waals surface area contributed by atoms with Crippen molar-refractivity contribution in [1.29, 1.82) is 0 Å². The Balaban J connectivity index is 1.69. The van der Waals surface area contributed by atoms with Crippen molar-refractivity contribution in [1.82, 2.24) is 9.29 Å². The molecule has 0 bridgehead atoms. The Bertz CT molecular complexity index is 1020. The molecule has 3 heterocycles. The van der Waals surface area contributed by atoms with E-state index in [9.17, 15) is 13.2 Å². The molecule has 0 aliphatic rings. The second-order valence-electron chi connectivity index (χ2n) is 5.50. The van der Waals surface area contributed by atoms with Crippen molar-refractivity contribution in [2.75, 3.05) is 14.1 Å². The minimum absolute atomic E-state index is 0.159. The summed E-state index contributed by atoms with van der Waals surface area (Å²) in [6, 6.07) is 6.67. The normalized spacial score (nSPS) is 11.8. The number of aryl methyl sites for hydroxylation is 1. The first-order chi connectivity index (χ1) is 12.3. The molecule has 3 aromatic rings. The number of thiophene rings is 1. The molecule has 0 fully saturated rings. The zero-order chi connectivity index (χ0) is 18.9. The van der Waals surface area contributed by atoms with Crippen LogP contribution in [0.1, 0.15) is 21.1 Å². The number of furan rings is 1. The van der Waals surface area contributed by atoms with Gasteiger partial charge in [0.05, 0.1) is 10.6 Å². The number of thiazole rings is 1. The zero-order valence-electron chi connectivity index (χ0n) is 14.3. The Morgan fingerprint density at radius 3 is 2.73 bits per heavy atom. The van der Waals surface area contributed by atoms with Crippen LogP contribution in [0.15, 0.2) is 39.2 Å². The summed E-state index contributed by atoms with van der Waals surface area (Å²) in [4.78, 5) is 18.1. The van der Waals surface area contributed by atoms with Gasteiger partial charge in [0.1, 0.15) is 22.3 Å². The van der Waals surface area contributed by atoms with Crippen molar-refractivity contribution in [3.05, 3.63) is 46.0 Å². The zero-order valence-corrected chi connectivity index (χ0v) is 16.7. The molecule has 0 aromatic carbocycles. The summed E-state index contributed by atoms with van der Waals surface area (Å²) in [6.07, 6.45) is 0. The van der Waals surface area contributed by atoms with Crippen LogP contribution in [0.3, 0.4) is 0 Å². The predicted molar refractivity (Wildman–Crippen MR) is 98.9 cm³/mol. The molecule has 10 heteroatoms. The highest BCUT2D eigenvalue weighted by Gasteiger charge is 2.23. The standard InChI is InChI=1S/C16H16N2O5S3/c1-10-14(25-15(17-10)12-5-4-8-24-12)16(19)22-9-11-6-7-13(23-11)26(20,21)18(2)3/h4-8H,9H2,1-3H3. The summed E-state index contributed by atoms with van der Waals surface area (Å²) >= 11 is 2.81. The van der Waals surface area contributed by atoms with E-state index < -0.39 is 16.0 Å². The molecule has 0 aliphatic heterocycles. The van der Waals surface area contributed by atoms with E-state index in [1.54, 1.807) is 18.3 Å². The van der Waals surface area contributed by atoms with Gasteiger partial charge < -0.3 is 9.15 Å². The lowest BCUT2D eigenvalue weighted by Crippen LogP contribution is -2.21. The first-order valence-electron chi connectivity index (χ1n) is 7.48. The molecule has 0 spiro atoms. The molecule has 0 radical (unpaired) electrons. The number of ether oxygens (including phenoxy) is 1. The maximum absolute atomic E-state index is 12.3. The fourth-order valence-corrected chi connectivity index (χ4v) is 4.62. The Morgan fingerprint density at radius 2 is 2.08 bits per heavy atom. The molecule has 0 aliphatic carbocycles. The first-order valence-corrected chi connectivity index (χ1v) is 10.6. The van der Waals surface area contributed by atoms with E-state index in [1.165, 1.54) is 37.6 Å². The lowest BCUT2D eigenvalue weighted by atomic mass is 10.4. The topological polar surface area (TPSA) is 89.7 Å². The van der Waals surface area contributed by atoms with Crippen LogP contribution in [0.2, 0.25) is 0 Å². The summed E-state index contributed by atoms with van der Waals surface area (Å²) in [5.74, 6) is -0.268. The van der Waals surface area contributed by atoms with E-state index in [0.29, 0.717) is 10.6 Å². The molecule has 0 amide bonds. The number of rotatable bonds is 6. The van der Waals surface area contributed by atoms with Crippen molar-refractivity contribution < 1.29 is 22.4 Å². The Morgan fingerprint density at radius 1 is 1.31 bits per heavy atom. The lowest BCUT2D eigenvalue weighted by Gasteiger charge is -2.07. The molecule has 7 nitrogen and oxygen atoms in total. The van der Waals surface area contributed by atoms with E-state index in [4.69, 9.17) is 9.15 Å². The quantitative estimate of drug-likeness (QED) is 0.577. The molecule has 0 atom stereocenters. The van der Waals surface area contributed by atoms with Gasteiger partial charge in [-0.15, -0.1) is 22.7 Å². The van der Waals surface area contributed by atoms with E-state index in [2.05, 4.69) is 4.98 Å². The number of sulfonamides is 1. The minimum atomic E-state index is -3.66. The monoisotopic (exact) mass is 412 g/mol. The molecular formula is C16H16N2O5S3. The van der Waals surface area contributed by atoms with Gasteiger partial charge in [0, 0.05) is 14.1 Å². The number of hydrogen-bond acceptors (Lipinski definition) is 8. The van der Waals surface area contributed by atoms with Gasteiger partial charge in [-0.1, -0.05) is 6.07 Å². The smallest absolute Gasteiger partial charge is 0.350 e. The molecular weight excluding hydrogens is 396 g/mol. The van der Waals surface area contributed by atoms with Gasteiger partial charge in [0.15, 0.2) is 0 Å². The van der Waals surface area contributed by atoms with E-state index in [1.807, 2.05) is 17.5 Å². The van der Waals surface area contributed by atoms with Gasteiger partial charge >= 0.3 is 5.97 Å². The average molecular weight is 413 g/mol. The number of carbonyl (C=O) groups is 1. The minimum Gasteiger partial charge on any atom is -0.453 e. The lowest BCUT2D eigenvalue weighted by molar-refractivity contribution is 0.0445. The number of esters is 1. The van der Waals surface area contributed by atoms with Crippen molar-refractivity contribution in [2.24, 2.45) is 0 Å². The van der Waals surface area contributed by atoms with Crippen LogP contribution in [0.4, 0.5) is 0 Å². The van der Waals surface area contributed by atoms with Crippen LogP contribution in [0.5, 0.6) is 0 Å². The summed E-state index contributed by atoms with van der Waals surface area (Å²) in [5.41, 5.74) is 0.596. The Labute approximate surface area is 158 Å². The maximum atomic E-state index is 12.3. The van der Waals surface area contributed by atoms with E-state index >= 15 is 0 Å². The third-order valence-corrected chi connectivity index (χ3v) is 7.30. The summed E-state index contributed by atoms with van der Waals surface area (Å²) < 4.78 is 35.5. The second kappa shape index (κ2) is 7.31. The van der Waals surface area contributed by atoms with E-state index in [0.717, 1.165) is 14.2 Å². The largest absolute Gasteiger partial charge is 0.453 e. The highest BCUT2D eigenvalue weighted by Crippen LogP contribution is 2.31. The van der Waals surface area contributed by atoms with Gasteiger partial charge in [-0.05, 0) is 30.5 Å². The molecule has 3 aromatic heterocycles. The van der Waals surface area contributed by atoms with Crippen molar-refractivity contribution in [2.45, 2.75) is 18.6 Å². The molecule has 0 saturated heterocycles. The van der Waals surface area contributed by atoms with Gasteiger partial charge in [-0.3, -0.25) is 0 Å². The maximum Gasteiger partial charge on any atom is 0.350 e. The van der Waals surface area contributed by atoms with Crippen LogP contribution < -0.4 is 0 Å². The highest BCUT2D eigenvalue weighted by molar-refractivity contribution is 7.88. The number of carbonyl (C=O) groups excluding carboxylic acids is 1. The van der Waals surface area contributed by atoms with Crippen LogP contribution in [-0.2, 0) is 21.4 Å². The van der Waals surface area contributed by atoms with Crippen LogP contribution >= 0.6 is 22.7 Å². The SMILES string of the molecule is Cc1nc(-c2cccs2)sc1C(=O)OCc1ccc(S(=O)(=O)N(C)C)o1.